The van der Waals surface area contributed by atoms with Crippen molar-refractivity contribution in [3.05, 3.63) is 99.0 Å². The number of halogens is 3. The van der Waals surface area contributed by atoms with E-state index in [9.17, 15) is 19.1 Å². The zero-order valence-electron chi connectivity index (χ0n) is 22.0. The summed E-state index contributed by atoms with van der Waals surface area (Å²) in [6.07, 6.45) is 2.46. The lowest BCUT2D eigenvalue weighted by Crippen LogP contribution is -2.62. The van der Waals surface area contributed by atoms with Gasteiger partial charge in [-0.2, -0.15) is 0 Å². The predicted octanol–water partition coefficient (Wildman–Crippen LogP) is 5.73. The van der Waals surface area contributed by atoms with Crippen molar-refractivity contribution in [1.29, 1.82) is 0 Å². The number of carbonyl (C=O) groups excluding carboxylic acids is 2. The number of nitrogens with zero attached hydrogens (tertiary/aromatic N) is 2. The van der Waals surface area contributed by atoms with E-state index in [1.165, 1.54) is 25.4 Å². The monoisotopic (exact) mass is 586 g/mol. The van der Waals surface area contributed by atoms with E-state index in [-0.39, 0.29) is 35.4 Å². The summed E-state index contributed by atoms with van der Waals surface area (Å²) in [6, 6.07) is 13.5. The molecule has 3 aromatic rings. The Morgan fingerprint density at radius 2 is 1.98 bits per heavy atom. The van der Waals surface area contributed by atoms with Gasteiger partial charge in [-0.05, 0) is 73.2 Å². The van der Waals surface area contributed by atoms with E-state index in [0.29, 0.717) is 21.8 Å². The lowest BCUT2D eigenvalue weighted by molar-refractivity contribution is -0.205. The van der Waals surface area contributed by atoms with E-state index >= 15 is 0 Å². The van der Waals surface area contributed by atoms with Crippen molar-refractivity contribution in [1.82, 2.24) is 9.88 Å². The highest BCUT2D eigenvalue weighted by molar-refractivity contribution is 6.31. The number of pyridine rings is 1. The third-order valence-electron chi connectivity index (χ3n) is 7.60. The Morgan fingerprint density at radius 1 is 1.20 bits per heavy atom. The number of amides is 1. The first-order valence-electron chi connectivity index (χ1n) is 13.0. The number of ether oxygens (including phenoxy) is 2. The number of rotatable bonds is 8. The smallest absolute Gasteiger partial charge is 0.339 e. The summed E-state index contributed by atoms with van der Waals surface area (Å²) in [4.78, 5) is 32.4. The molecule has 1 saturated carbocycles. The first-order valence-corrected chi connectivity index (χ1v) is 13.8. The summed E-state index contributed by atoms with van der Waals surface area (Å²) in [5, 5.41) is 11.0. The van der Waals surface area contributed by atoms with Crippen LogP contribution in [0, 0.1) is 11.7 Å². The summed E-state index contributed by atoms with van der Waals surface area (Å²) in [7, 11) is 1.29. The van der Waals surface area contributed by atoms with Crippen molar-refractivity contribution in [2.24, 2.45) is 5.92 Å². The van der Waals surface area contributed by atoms with Crippen LogP contribution in [-0.4, -0.2) is 52.2 Å². The van der Waals surface area contributed by atoms with Crippen LogP contribution in [0.4, 0.5) is 4.39 Å². The van der Waals surface area contributed by atoms with Gasteiger partial charge >= 0.3 is 5.97 Å². The second kappa shape index (κ2) is 11.4. The molecule has 4 atom stereocenters. The molecule has 2 fully saturated rings. The molecule has 1 aliphatic heterocycles. The summed E-state index contributed by atoms with van der Waals surface area (Å²) < 4.78 is 26.2. The van der Waals surface area contributed by atoms with Crippen LogP contribution in [0.5, 0.6) is 0 Å². The van der Waals surface area contributed by atoms with Crippen LogP contribution in [0.15, 0.2) is 60.8 Å². The van der Waals surface area contributed by atoms with E-state index in [4.69, 9.17) is 32.7 Å². The molecule has 2 aromatic carbocycles. The van der Waals surface area contributed by atoms with E-state index in [2.05, 4.69) is 4.98 Å². The Balaban J connectivity index is 1.62. The van der Waals surface area contributed by atoms with Gasteiger partial charge in [-0.3, -0.25) is 9.78 Å². The SMILES string of the molecule is COC(=O)c1ccc(C[C@@]2(C)OC(c3cccc(Cl)c3)C(c3ccc(Cl)c(F)c3)N(C(CO)C3CC3)C2=O)nc1. The molecule has 40 heavy (non-hydrogen) atoms. The van der Waals surface area contributed by atoms with Gasteiger partial charge < -0.3 is 19.5 Å². The Kier molecular flexibility index (Phi) is 8.15. The quantitative estimate of drug-likeness (QED) is 0.339. The minimum absolute atomic E-state index is 0.0372. The fraction of sp³-hybridized carbons (Fsp3) is 0.367. The number of hydrogen-bond acceptors (Lipinski definition) is 6. The minimum Gasteiger partial charge on any atom is -0.465 e. The van der Waals surface area contributed by atoms with Crippen molar-refractivity contribution in [3.63, 3.8) is 0 Å². The molecule has 2 aliphatic rings. The number of carbonyl (C=O) groups is 2. The molecule has 1 amide bonds. The number of benzene rings is 2. The second-order valence-corrected chi connectivity index (χ2v) is 11.3. The zero-order chi connectivity index (χ0) is 28.6. The van der Waals surface area contributed by atoms with Gasteiger partial charge in [-0.25, -0.2) is 9.18 Å². The van der Waals surface area contributed by atoms with Crippen molar-refractivity contribution in [2.45, 2.75) is 50.0 Å². The molecular formula is C30H29Cl2FN2O5. The molecule has 1 N–H and O–H groups in total. The number of morpholine rings is 1. The molecule has 1 saturated heterocycles. The summed E-state index contributed by atoms with van der Waals surface area (Å²) >= 11 is 12.4. The number of aromatic nitrogens is 1. The van der Waals surface area contributed by atoms with Crippen LogP contribution in [0.1, 0.15) is 59.1 Å². The number of hydrogen-bond donors (Lipinski definition) is 1. The molecule has 0 spiro atoms. The minimum atomic E-state index is -1.41. The first-order chi connectivity index (χ1) is 19.1. The van der Waals surface area contributed by atoms with Gasteiger partial charge in [0.1, 0.15) is 11.9 Å². The largest absolute Gasteiger partial charge is 0.465 e. The third kappa shape index (κ3) is 5.59. The fourth-order valence-corrected chi connectivity index (χ4v) is 5.75. The van der Waals surface area contributed by atoms with Crippen LogP contribution in [0.3, 0.4) is 0 Å². The van der Waals surface area contributed by atoms with Gasteiger partial charge in [0.25, 0.3) is 5.91 Å². The van der Waals surface area contributed by atoms with Crippen molar-refractivity contribution >= 4 is 35.1 Å². The average Bonchev–Trinajstić information content (AvgIpc) is 3.78. The Hall–Kier alpha value is -3.04. The molecule has 5 rings (SSSR count). The summed E-state index contributed by atoms with van der Waals surface area (Å²) in [6.45, 7) is 1.43. The van der Waals surface area contributed by atoms with Crippen LogP contribution >= 0.6 is 23.2 Å². The molecule has 1 aromatic heterocycles. The summed E-state index contributed by atoms with van der Waals surface area (Å²) in [5.41, 5.74) is 0.581. The molecule has 10 heteroatoms. The van der Waals surface area contributed by atoms with Crippen molar-refractivity contribution in [2.75, 3.05) is 13.7 Å². The Bertz CT molecular complexity index is 1420. The molecule has 1 aliphatic carbocycles. The van der Waals surface area contributed by atoms with Crippen LogP contribution in [0.25, 0.3) is 0 Å². The third-order valence-corrected chi connectivity index (χ3v) is 8.14. The van der Waals surface area contributed by atoms with Crippen LogP contribution < -0.4 is 0 Å². The van der Waals surface area contributed by atoms with Gasteiger partial charge in [0.15, 0.2) is 5.60 Å². The standard InChI is InChI=1S/C30H29Cl2FN2O5/c1-30(14-22-10-8-20(15-34-22)28(37)39-2)29(38)35(25(16-36)17-6-7-17)26(18-9-11-23(32)24(33)13-18)27(40-30)19-4-3-5-21(31)12-19/h3-5,8-13,15,17,25-27,36H,6-7,14,16H2,1-2H3/t25?,26?,27?,30-/m1/s1. The number of methoxy groups -OCH3 is 1. The average molecular weight is 587 g/mol. The normalized spacial score (nSPS) is 23.6. The molecule has 7 nitrogen and oxygen atoms in total. The van der Waals surface area contributed by atoms with Gasteiger partial charge in [0.2, 0.25) is 0 Å². The van der Waals surface area contributed by atoms with E-state index in [1.807, 2.05) is 6.07 Å². The summed E-state index contributed by atoms with van der Waals surface area (Å²) in [5.74, 6) is -1.38. The van der Waals surface area contributed by atoms with Gasteiger partial charge in [-0.15, -0.1) is 0 Å². The van der Waals surface area contributed by atoms with Crippen molar-refractivity contribution < 1.29 is 28.6 Å². The number of aliphatic hydroxyl groups is 1. The topological polar surface area (TPSA) is 89.0 Å². The molecule has 3 unspecified atom stereocenters. The van der Waals surface area contributed by atoms with E-state index in [1.54, 1.807) is 48.2 Å². The highest BCUT2D eigenvalue weighted by Crippen LogP contribution is 2.50. The number of esters is 1. The van der Waals surface area contributed by atoms with Crippen LogP contribution in [-0.2, 0) is 20.7 Å². The van der Waals surface area contributed by atoms with Gasteiger partial charge in [0, 0.05) is 23.3 Å². The van der Waals surface area contributed by atoms with Gasteiger partial charge in [0.05, 0.1) is 36.4 Å². The molecule has 210 valence electrons. The molecule has 2 heterocycles. The fourth-order valence-electron chi connectivity index (χ4n) is 5.44. The second-order valence-electron chi connectivity index (χ2n) is 10.4. The lowest BCUT2D eigenvalue weighted by atomic mass is 9.85. The maximum absolute atomic E-state index is 14.8. The van der Waals surface area contributed by atoms with E-state index in [0.717, 1.165) is 12.8 Å². The van der Waals surface area contributed by atoms with E-state index < -0.39 is 35.6 Å². The lowest BCUT2D eigenvalue weighted by Gasteiger charge is -2.51. The maximum atomic E-state index is 14.8. The predicted molar refractivity (Wildman–Crippen MR) is 148 cm³/mol. The van der Waals surface area contributed by atoms with Crippen LogP contribution in [0.2, 0.25) is 10.0 Å². The highest BCUT2D eigenvalue weighted by Gasteiger charge is 2.55. The maximum Gasteiger partial charge on any atom is 0.339 e. The number of aliphatic hydroxyl groups excluding tert-OH is 1. The van der Waals surface area contributed by atoms with Gasteiger partial charge in [-0.1, -0.05) is 41.4 Å². The molecular weight excluding hydrogens is 558 g/mol. The Labute approximate surface area is 241 Å². The highest BCUT2D eigenvalue weighted by atomic mass is 35.5. The van der Waals surface area contributed by atoms with Crippen molar-refractivity contribution in [3.8, 4) is 0 Å². The molecule has 0 radical (unpaired) electrons. The zero-order valence-corrected chi connectivity index (χ0v) is 23.5. The Morgan fingerprint density at radius 3 is 2.58 bits per heavy atom. The molecule has 0 bridgehead atoms. The first kappa shape index (κ1) is 28.5.